The molecule has 0 aliphatic rings. The standard InChI is InChI=1S/C28H27ClN4O4S/c1-37-22-10-5-9-21(16-22)31-26(35)18-38-28-32-24-12-3-2-11-23(24)27(36)33(28)14-6-13-25(34)30-17-19-7-4-8-20(29)15-19/h2-5,7-12,15-16H,6,13-14,17-18H2,1H3,(H,30,34)(H,31,35). The summed E-state index contributed by atoms with van der Waals surface area (Å²) in [5.41, 5.74) is 1.88. The van der Waals surface area contributed by atoms with Gasteiger partial charge in [-0.2, -0.15) is 0 Å². The Hall–Kier alpha value is -3.82. The molecule has 0 radical (unpaired) electrons. The van der Waals surface area contributed by atoms with Crippen molar-refractivity contribution in [3.05, 3.63) is 93.7 Å². The molecule has 0 bridgehead atoms. The Morgan fingerprint density at radius 1 is 1.03 bits per heavy atom. The zero-order valence-electron chi connectivity index (χ0n) is 20.8. The molecule has 2 N–H and O–H groups in total. The molecule has 0 saturated heterocycles. The average Bonchev–Trinajstić information content (AvgIpc) is 2.92. The zero-order chi connectivity index (χ0) is 26.9. The first-order valence-electron chi connectivity index (χ1n) is 12.0. The normalized spacial score (nSPS) is 10.8. The van der Waals surface area contributed by atoms with Crippen LogP contribution in [0.15, 0.2) is 82.7 Å². The van der Waals surface area contributed by atoms with Crippen LogP contribution in [-0.4, -0.2) is 34.2 Å². The number of aromatic nitrogens is 2. The van der Waals surface area contributed by atoms with Gasteiger partial charge in [-0.05, 0) is 48.4 Å². The number of halogens is 1. The Morgan fingerprint density at radius 2 is 1.84 bits per heavy atom. The molecule has 1 aromatic heterocycles. The number of ether oxygens (including phenoxy) is 1. The van der Waals surface area contributed by atoms with Crippen molar-refractivity contribution in [1.82, 2.24) is 14.9 Å². The summed E-state index contributed by atoms with van der Waals surface area (Å²) in [5.74, 6) is 0.329. The number of benzene rings is 3. The van der Waals surface area contributed by atoms with Crippen LogP contribution < -0.4 is 20.9 Å². The first kappa shape index (κ1) is 27.2. The summed E-state index contributed by atoms with van der Waals surface area (Å²) < 4.78 is 6.73. The van der Waals surface area contributed by atoms with Crippen LogP contribution in [0, 0.1) is 0 Å². The summed E-state index contributed by atoms with van der Waals surface area (Å²) in [6.45, 7) is 0.668. The molecule has 38 heavy (non-hydrogen) atoms. The maximum atomic E-state index is 13.3. The largest absolute Gasteiger partial charge is 0.497 e. The number of carbonyl (C=O) groups excluding carboxylic acids is 2. The average molecular weight is 551 g/mol. The Kier molecular flexibility index (Phi) is 9.40. The summed E-state index contributed by atoms with van der Waals surface area (Å²) in [6.07, 6.45) is 0.672. The minimum absolute atomic E-state index is 0.0577. The quantitative estimate of drug-likeness (QED) is 0.204. The van der Waals surface area contributed by atoms with Crippen molar-refractivity contribution >= 4 is 51.8 Å². The van der Waals surface area contributed by atoms with Crippen LogP contribution in [0.5, 0.6) is 5.75 Å². The van der Waals surface area contributed by atoms with Gasteiger partial charge in [-0.1, -0.05) is 53.7 Å². The van der Waals surface area contributed by atoms with Gasteiger partial charge in [0.15, 0.2) is 5.16 Å². The minimum atomic E-state index is -0.238. The van der Waals surface area contributed by atoms with E-state index in [0.29, 0.717) is 52.0 Å². The van der Waals surface area contributed by atoms with Gasteiger partial charge in [0.2, 0.25) is 11.8 Å². The maximum absolute atomic E-state index is 13.3. The molecule has 4 aromatic rings. The molecule has 4 rings (SSSR count). The highest BCUT2D eigenvalue weighted by Crippen LogP contribution is 2.20. The molecule has 10 heteroatoms. The number of hydrogen-bond donors (Lipinski definition) is 2. The topological polar surface area (TPSA) is 102 Å². The molecule has 2 amide bonds. The number of carbonyl (C=O) groups is 2. The van der Waals surface area contributed by atoms with Gasteiger partial charge in [0.1, 0.15) is 5.75 Å². The van der Waals surface area contributed by atoms with E-state index in [-0.39, 0.29) is 29.5 Å². The predicted octanol–water partition coefficient (Wildman–Crippen LogP) is 4.89. The van der Waals surface area contributed by atoms with E-state index in [0.717, 1.165) is 5.56 Å². The monoisotopic (exact) mass is 550 g/mol. The second-order valence-corrected chi connectivity index (χ2v) is 9.83. The van der Waals surface area contributed by atoms with Gasteiger partial charge < -0.3 is 15.4 Å². The molecule has 3 aromatic carbocycles. The summed E-state index contributed by atoms with van der Waals surface area (Å²) in [4.78, 5) is 42.9. The van der Waals surface area contributed by atoms with Crippen LogP contribution >= 0.6 is 23.4 Å². The number of para-hydroxylation sites is 1. The van der Waals surface area contributed by atoms with Gasteiger partial charge in [-0.3, -0.25) is 19.0 Å². The molecule has 0 saturated carbocycles. The van der Waals surface area contributed by atoms with Gasteiger partial charge in [-0.15, -0.1) is 0 Å². The Bertz CT molecular complexity index is 1510. The molecular weight excluding hydrogens is 524 g/mol. The minimum Gasteiger partial charge on any atom is -0.497 e. The highest BCUT2D eigenvalue weighted by atomic mass is 35.5. The van der Waals surface area contributed by atoms with E-state index in [9.17, 15) is 14.4 Å². The summed E-state index contributed by atoms with van der Waals surface area (Å²) in [7, 11) is 1.56. The van der Waals surface area contributed by atoms with Crippen LogP contribution in [0.1, 0.15) is 18.4 Å². The third-order valence-electron chi connectivity index (χ3n) is 5.68. The van der Waals surface area contributed by atoms with E-state index in [4.69, 9.17) is 16.3 Å². The number of amides is 2. The Labute approximate surface area is 229 Å². The van der Waals surface area contributed by atoms with Gasteiger partial charge in [0.05, 0.1) is 23.8 Å². The molecule has 0 fully saturated rings. The lowest BCUT2D eigenvalue weighted by molar-refractivity contribution is -0.121. The van der Waals surface area contributed by atoms with Gasteiger partial charge >= 0.3 is 0 Å². The Balaban J connectivity index is 1.40. The van der Waals surface area contributed by atoms with Gasteiger partial charge in [0, 0.05) is 36.3 Å². The van der Waals surface area contributed by atoms with Crippen molar-refractivity contribution in [1.29, 1.82) is 0 Å². The zero-order valence-corrected chi connectivity index (χ0v) is 22.3. The smallest absolute Gasteiger partial charge is 0.262 e. The first-order chi connectivity index (χ1) is 18.4. The molecule has 0 atom stereocenters. The van der Waals surface area contributed by atoms with Crippen LogP contribution in [0.3, 0.4) is 0 Å². The number of nitrogens with one attached hydrogen (secondary N) is 2. The fraction of sp³-hybridized carbons (Fsp3) is 0.214. The van der Waals surface area contributed by atoms with Crippen molar-refractivity contribution in [3.63, 3.8) is 0 Å². The number of hydrogen-bond acceptors (Lipinski definition) is 6. The Morgan fingerprint density at radius 3 is 2.66 bits per heavy atom. The molecule has 0 aliphatic heterocycles. The van der Waals surface area contributed by atoms with E-state index < -0.39 is 0 Å². The van der Waals surface area contributed by atoms with E-state index in [1.807, 2.05) is 18.2 Å². The second-order valence-electron chi connectivity index (χ2n) is 8.45. The summed E-state index contributed by atoms with van der Waals surface area (Å²) >= 11 is 7.17. The van der Waals surface area contributed by atoms with E-state index in [1.54, 1.807) is 61.7 Å². The van der Waals surface area contributed by atoms with Crippen molar-refractivity contribution in [3.8, 4) is 5.75 Å². The van der Waals surface area contributed by atoms with Crippen LogP contribution in [0.25, 0.3) is 10.9 Å². The van der Waals surface area contributed by atoms with Crippen molar-refractivity contribution < 1.29 is 14.3 Å². The third kappa shape index (κ3) is 7.36. The third-order valence-corrected chi connectivity index (χ3v) is 6.89. The molecular formula is C28H27ClN4O4S. The van der Waals surface area contributed by atoms with Crippen molar-refractivity contribution in [2.45, 2.75) is 31.1 Å². The lowest BCUT2D eigenvalue weighted by Crippen LogP contribution is -2.26. The summed E-state index contributed by atoms with van der Waals surface area (Å²) in [6, 6.07) is 21.5. The van der Waals surface area contributed by atoms with Gasteiger partial charge in [0.25, 0.3) is 5.56 Å². The molecule has 8 nitrogen and oxygen atoms in total. The number of rotatable bonds is 11. The lowest BCUT2D eigenvalue weighted by Gasteiger charge is -2.13. The fourth-order valence-corrected chi connectivity index (χ4v) is 4.85. The van der Waals surface area contributed by atoms with E-state index in [2.05, 4.69) is 15.6 Å². The van der Waals surface area contributed by atoms with Crippen molar-refractivity contribution in [2.24, 2.45) is 0 Å². The molecule has 0 aliphatic carbocycles. The predicted molar refractivity (Wildman–Crippen MR) is 151 cm³/mol. The fourth-order valence-electron chi connectivity index (χ4n) is 3.82. The molecule has 0 spiro atoms. The number of anilines is 1. The lowest BCUT2D eigenvalue weighted by atomic mass is 10.2. The number of fused-ring (bicyclic) bond motifs is 1. The van der Waals surface area contributed by atoms with E-state index in [1.165, 1.54) is 16.3 Å². The number of methoxy groups -OCH3 is 1. The molecule has 196 valence electrons. The van der Waals surface area contributed by atoms with Crippen molar-refractivity contribution in [2.75, 3.05) is 18.2 Å². The second kappa shape index (κ2) is 13.1. The van der Waals surface area contributed by atoms with Crippen LogP contribution in [0.2, 0.25) is 5.02 Å². The van der Waals surface area contributed by atoms with Crippen LogP contribution in [0.4, 0.5) is 5.69 Å². The summed E-state index contributed by atoms with van der Waals surface area (Å²) in [5, 5.41) is 7.23. The molecule has 1 heterocycles. The highest BCUT2D eigenvalue weighted by molar-refractivity contribution is 7.99. The van der Waals surface area contributed by atoms with E-state index >= 15 is 0 Å². The first-order valence-corrected chi connectivity index (χ1v) is 13.4. The maximum Gasteiger partial charge on any atom is 0.262 e. The SMILES string of the molecule is COc1cccc(NC(=O)CSc2nc3ccccc3c(=O)n2CCCC(=O)NCc2cccc(Cl)c2)c1. The number of nitrogens with zero attached hydrogens (tertiary/aromatic N) is 2. The van der Waals surface area contributed by atoms with Gasteiger partial charge in [-0.25, -0.2) is 4.98 Å². The highest BCUT2D eigenvalue weighted by Gasteiger charge is 2.14. The number of thioether (sulfide) groups is 1. The molecule has 0 unspecified atom stereocenters. The van der Waals surface area contributed by atoms with Crippen LogP contribution in [-0.2, 0) is 22.7 Å².